The second kappa shape index (κ2) is 14.5. The molecule has 0 aromatic rings. The van der Waals surface area contributed by atoms with Crippen LogP contribution in [0.1, 0.15) is 90.9 Å². The van der Waals surface area contributed by atoms with E-state index >= 15 is 0 Å². The van der Waals surface area contributed by atoms with E-state index in [2.05, 4.69) is 19.9 Å². The molecule has 0 heterocycles. The molecule has 0 saturated heterocycles. The second-order valence-electron chi connectivity index (χ2n) is 8.54. The van der Waals surface area contributed by atoms with E-state index in [1.807, 2.05) is 6.92 Å². The van der Waals surface area contributed by atoms with Crippen molar-refractivity contribution in [1.82, 2.24) is 0 Å². The smallest absolute Gasteiger partial charge is 0.502 e. The number of hydrogen-bond acceptors (Lipinski definition) is 2. The average molecular weight is 442 g/mol. The van der Waals surface area contributed by atoms with Crippen LogP contribution in [0.5, 0.6) is 0 Å². The summed E-state index contributed by atoms with van der Waals surface area (Å²) in [5.74, 6) is 0. The summed E-state index contributed by atoms with van der Waals surface area (Å²) in [6, 6.07) is 0. The Labute approximate surface area is 183 Å². The molecular weight excluding hydrogens is 399 g/mol. The zero-order chi connectivity index (χ0) is 18.6. The third kappa shape index (κ3) is 9.65. The topological polar surface area (TPSA) is 18.5 Å². The molecule has 0 bridgehead atoms. The van der Waals surface area contributed by atoms with Crippen LogP contribution in [0.2, 0.25) is 0 Å². The summed E-state index contributed by atoms with van der Waals surface area (Å²) in [4.78, 5) is 0. The Balaban J connectivity index is 0.000000460. The van der Waals surface area contributed by atoms with Gasteiger partial charge >= 0.3 is 26.2 Å². The molecule has 0 aliphatic heterocycles. The largest absolute Gasteiger partial charge is 4.00 e. The monoisotopic (exact) mass is 440 g/mol. The molecule has 26 heavy (non-hydrogen) atoms. The maximum atomic E-state index is 5.32. The first-order valence-electron chi connectivity index (χ1n) is 10.4. The van der Waals surface area contributed by atoms with Gasteiger partial charge in [0.25, 0.3) is 0 Å². The van der Waals surface area contributed by atoms with Crippen LogP contribution in [0.3, 0.4) is 0 Å². The number of rotatable bonds is 4. The van der Waals surface area contributed by atoms with Gasteiger partial charge in [-0.05, 0) is 0 Å². The predicted molar refractivity (Wildman–Crippen MR) is 107 cm³/mol. The van der Waals surface area contributed by atoms with Crippen LogP contribution in [-0.4, -0.2) is 27.4 Å². The van der Waals surface area contributed by atoms with Crippen molar-refractivity contribution in [2.24, 2.45) is 10.8 Å². The van der Waals surface area contributed by atoms with Crippen LogP contribution < -0.4 is 0 Å². The van der Waals surface area contributed by atoms with E-state index in [4.69, 9.17) is 9.47 Å². The number of allylic oxidation sites excluding steroid dienone is 2. The molecule has 0 N–H and O–H groups in total. The molecule has 148 valence electrons. The van der Waals surface area contributed by atoms with Gasteiger partial charge in [-0.1, -0.05) is 84.0 Å². The molecule has 3 aliphatic rings. The van der Waals surface area contributed by atoms with Gasteiger partial charge in [-0.2, -0.15) is 12.3 Å². The Kier molecular flexibility index (Phi) is 14.8. The molecule has 0 amide bonds. The molecule has 3 fully saturated rings. The third-order valence-electron chi connectivity index (χ3n) is 5.75. The van der Waals surface area contributed by atoms with Crippen molar-refractivity contribution in [2.75, 3.05) is 27.4 Å². The minimum absolute atomic E-state index is 0. The standard InChI is InChI=1S/C13H22O2.2C5H10.Zr/c1-6-11-7-13(9-14-4,10-15-5)8-12(11,2)3;2*1-2-4-5-3-1;/h2,7-10H2,1,3-5H3;2*1-5H2;/q-2;;;+4. The summed E-state index contributed by atoms with van der Waals surface area (Å²) in [7, 11) is 3.49. The second-order valence-corrected chi connectivity index (χ2v) is 8.54. The summed E-state index contributed by atoms with van der Waals surface area (Å²) in [5, 5.41) is 0. The van der Waals surface area contributed by atoms with Gasteiger partial charge in [0.05, 0.1) is 13.2 Å². The Morgan fingerprint density at radius 1 is 0.846 bits per heavy atom. The van der Waals surface area contributed by atoms with E-state index in [0.29, 0.717) is 0 Å². The van der Waals surface area contributed by atoms with E-state index in [1.165, 1.54) is 69.8 Å². The molecule has 0 aromatic heterocycles. The maximum Gasteiger partial charge on any atom is 4.00 e. The molecule has 0 spiro atoms. The van der Waals surface area contributed by atoms with E-state index in [9.17, 15) is 0 Å². The molecule has 3 rings (SSSR count). The van der Waals surface area contributed by atoms with Crippen molar-refractivity contribution in [3.8, 4) is 0 Å². The van der Waals surface area contributed by atoms with Gasteiger partial charge in [0.1, 0.15) is 0 Å². The van der Waals surface area contributed by atoms with Gasteiger partial charge < -0.3 is 22.5 Å². The van der Waals surface area contributed by atoms with Crippen LogP contribution in [0.4, 0.5) is 0 Å². The van der Waals surface area contributed by atoms with Crippen LogP contribution >= 0.6 is 0 Å². The van der Waals surface area contributed by atoms with E-state index < -0.39 is 0 Å². The minimum atomic E-state index is -0.00812. The normalized spacial score (nSPS) is 28.0. The molecule has 3 saturated carbocycles. The minimum Gasteiger partial charge on any atom is -0.502 e. The van der Waals surface area contributed by atoms with Crippen molar-refractivity contribution < 1.29 is 35.7 Å². The van der Waals surface area contributed by atoms with Crippen LogP contribution in [0.15, 0.2) is 5.57 Å². The average Bonchev–Trinajstić information content (AvgIpc) is 3.33. The third-order valence-corrected chi connectivity index (χ3v) is 5.75. The zero-order valence-corrected chi connectivity index (χ0v) is 20.4. The predicted octanol–water partition coefficient (Wildman–Crippen LogP) is 6.55. The summed E-state index contributed by atoms with van der Waals surface area (Å²) in [6.45, 7) is 9.88. The Morgan fingerprint density at radius 2 is 1.19 bits per heavy atom. The fourth-order valence-corrected chi connectivity index (χ4v) is 4.60. The van der Waals surface area contributed by atoms with Gasteiger partial charge in [-0.3, -0.25) is 5.57 Å². The summed E-state index contributed by atoms with van der Waals surface area (Å²) < 4.78 is 10.6. The van der Waals surface area contributed by atoms with Crippen molar-refractivity contribution in [3.63, 3.8) is 0 Å². The van der Waals surface area contributed by atoms with Gasteiger partial charge in [0.2, 0.25) is 0 Å². The number of hydrogen-bond donors (Lipinski definition) is 0. The first-order chi connectivity index (χ1) is 12.0. The first-order valence-corrected chi connectivity index (χ1v) is 10.4. The van der Waals surface area contributed by atoms with E-state index in [-0.39, 0.29) is 37.0 Å². The van der Waals surface area contributed by atoms with Crippen molar-refractivity contribution in [3.05, 3.63) is 18.6 Å². The van der Waals surface area contributed by atoms with E-state index in [0.717, 1.165) is 26.1 Å². The Bertz CT molecular complexity index is 337. The molecule has 0 radical (unpaired) electrons. The first kappa shape index (κ1) is 26.5. The van der Waals surface area contributed by atoms with Crippen LogP contribution in [-0.2, 0) is 35.7 Å². The van der Waals surface area contributed by atoms with E-state index in [1.54, 1.807) is 14.2 Å². The van der Waals surface area contributed by atoms with Gasteiger partial charge in [0, 0.05) is 19.6 Å². The van der Waals surface area contributed by atoms with Crippen molar-refractivity contribution in [1.29, 1.82) is 0 Å². The molecule has 1 unspecified atom stereocenters. The summed E-state index contributed by atoms with van der Waals surface area (Å²) in [5.41, 5.74) is 1.39. The number of methoxy groups -OCH3 is 2. The molecule has 2 nitrogen and oxygen atoms in total. The fraction of sp³-hybridized carbons (Fsp3) is 0.870. The van der Waals surface area contributed by atoms with Crippen molar-refractivity contribution >= 4 is 0 Å². The number of ether oxygens (including phenoxy) is 2. The van der Waals surface area contributed by atoms with Gasteiger partial charge in [-0.15, -0.1) is 0 Å². The molecule has 1 atom stereocenters. The van der Waals surface area contributed by atoms with Gasteiger partial charge in [-0.25, -0.2) is 0 Å². The summed E-state index contributed by atoms with van der Waals surface area (Å²) in [6.07, 6.45) is 20.3. The zero-order valence-electron chi connectivity index (χ0n) is 17.9. The maximum absolute atomic E-state index is 5.32. The fourth-order valence-electron chi connectivity index (χ4n) is 4.60. The SMILES string of the molecule is C1CCCC1.C1CCCC1.[CH2-]C1(C)CC(COC)(COC)CC1=[C-]C.[Zr+4]. The van der Waals surface area contributed by atoms with Crippen LogP contribution in [0, 0.1) is 23.8 Å². The molecule has 0 aromatic carbocycles. The van der Waals surface area contributed by atoms with Crippen LogP contribution in [0.25, 0.3) is 0 Å². The molecule has 3 aliphatic carbocycles. The Hall–Kier alpha value is 0.543. The summed E-state index contributed by atoms with van der Waals surface area (Å²) >= 11 is 0. The quantitative estimate of drug-likeness (QED) is 0.461. The molecule has 3 heteroatoms. The molecular formula is C23H42O2Zr+2. The van der Waals surface area contributed by atoms with Gasteiger partial charge in [0.15, 0.2) is 0 Å². The van der Waals surface area contributed by atoms with Crippen molar-refractivity contribution in [2.45, 2.75) is 90.9 Å². The Morgan fingerprint density at radius 3 is 1.42 bits per heavy atom.